The fraction of sp³-hybridized carbons (Fsp3) is 0.200. The third-order valence-electron chi connectivity index (χ3n) is 4.92. The lowest BCUT2D eigenvalue weighted by Crippen LogP contribution is -2.39. The Morgan fingerprint density at radius 3 is 2.39 bits per heavy atom. The Bertz CT molecular complexity index is 1330. The van der Waals surface area contributed by atoms with Gasteiger partial charge in [0.2, 0.25) is 10.0 Å². The summed E-state index contributed by atoms with van der Waals surface area (Å²) in [6, 6.07) is 19.1. The zero-order valence-electron chi connectivity index (χ0n) is 20.0. The molecule has 1 amide bonds. The van der Waals surface area contributed by atoms with E-state index in [9.17, 15) is 13.2 Å². The van der Waals surface area contributed by atoms with Gasteiger partial charge in [-0.1, -0.05) is 23.7 Å². The minimum Gasteiger partial charge on any atom is -0.497 e. The number of hydrogen-bond donors (Lipinski definition) is 1. The van der Waals surface area contributed by atoms with Crippen LogP contribution >= 0.6 is 11.6 Å². The Hall–Kier alpha value is -3.76. The minimum atomic E-state index is -3.80. The zero-order valence-corrected chi connectivity index (χ0v) is 21.5. The van der Waals surface area contributed by atoms with Crippen LogP contribution in [0.25, 0.3) is 0 Å². The smallest absolute Gasteiger partial charge is 0.260 e. The molecule has 36 heavy (non-hydrogen) atoms. The molecule has 0 fully saturated rings. The normalized spacial score (nSPS) is 11.2. The summed E-state index contributed by atoms with van der Waals surface area (Å²) in [5.74, 6) is 0.761. The van der Waals surface area contributed by atoms with E-state index in [1.165, 1.54) is 32.6 Å². The summed E-state index contributed by atoms with van der Waals surface area (Å²) >= 11 is 5.98. The maximum atomic E-state index is 12.5. The summed E-state index contributed by atoms with van der Waals surface area (Å²) in [5, 5.41) is 4.57. The first-order valence-electron chi connectivity index (χ1n) is 10.7. The number of nitrogens with zero attached hydrogens (tertiary/aromatic N) is 2. The van der Waals surface area contributed by atoms with E-state index in [1.807, 2.05) is 18.2 Å². The highest BCUT2D eigenvalue weighted by Gasteiger charge is 2.24. The molecule has 0 spiro atoms. The van der Waals surface area contributed by atoms with Crippen LogP contribution < -0.4 is 23.9 Å². The number of carbonyl (C=O) groups excluding carboxylic acids is 1. The number of carbonyl (C=O) groups is 1. The van der Waals surface area contributed by atoms with Crippen molar-refractivity contribution in [3.8, 4) is 17.2 Å². The molecule has 0 aromatic heterocycles. The van der Waals surface area contributed by atoms with Gasteiger partial charge >= 0.3 is 0 Å². The molecule has 3 aromatic rings. The third-order valence-corrected chi connectivity index (χ3v) is 6.28. The van der Waals surface area contributed by atoms with Gasteiger partial charge in [-0.3, -0.25) is 9.10 Å². The fourth-order valence-corrected chi connectivity index (χ4v) is 4.23. The lowest BCUT2D eigenvalue weighted by atomic mass is 10.2. The van der Waals surface area contributed by atoms with Crippen molar-refractivity contribution in [3.05, 3.63) is 82.9 Å². The average molecular weight is 532 g/mol. The second-order valence-corrected chi connectivity index (χ2v) is 9.93. The number of hydrogen-bond acceptors (Lipinski definition) is 7. The Morgan fingerprint density at radius 2 is 1.75 bits per heavy atom. The number of sulfonamides is 1. The number of methoxy groups -OCH3 is 2. The Balaban J connectivity index is 1.60. The van der Waals surface area contributed by atoms with E-state index in [4.69, 9.17) is 25.8 Å². The molecule has 0 heterocycles. The molecule has 3 aromatic carbocycles. The van der Waals surface area contributed by atoms with Crippen molar-refractivity contribution >= 4 is 39.4 Å². The van der Waals surface area contributed by atoms with Gasteiger partial charge in [-0.15, -0.1) is 0 Å². The molecule has 0 atom stereocenters. The van der Waals surface area contributed by atoms with Gasteiger partial charge in [-0.2, -0.15) is 5.10 Å². The predicted octanol–water partition coefficient (Wildman–Crippen LogP) is 3.85. The molecule has 11 heteroatoms. The van der Waals surface area contributed by atoms with Crippen LogP contribution in [0.5, 0.6) is 17.2 Å². The summed E-state index contributed by atoms with van der Waals surface area (Å²) in [5.41, 5.74) is 4.21. The van der Waals surface area contributed by atoms with Gasteiger partial charge in [0.15, 0.2) is 0 Å². The van der Waals surface area contributed by atoms with Crippen LogP contribution in [0.4, 0.5) is 5.69 Å². The summed E-state index contributed by atoms with van der Waals surface area (Å²) in [7, 11) is -0.915. The molecule has 0 unspecified atom stereocenters. The van der Waals surface area contributed by atoms with Crippen molar-refractivity contribution in [2.75, 3.05) is 31.3 Å². The van der Waals surface area contributed by atoms with E-state index in [0.717, 1.165) is 16.1 Å². The van der Waals surface area contributed by atoms with E-state index < -0.39 is 22.5 Å². The topological polar surface area (TPSA) is 107 Å². The van der Waals surface area contributed by atoms with Gasteiger partial charge in [-0.05, 0) is 59.7 Å². The lowest BCUT2D eigenvalue weighted by Gasteiger charge is -2.23. The molecule has 0 aliphatic heterocycles. The van der Waals surface area contributed by atoms with Gasteiger partial charge in [0.1, 0.15) is 30.4 Å². The predicted molar refractivity (Wildman–Crippen MR) is 140 cm³/mol. The van der Waals surface area contributed by atoms with Crippen molar-refractivity contribution < 1.29 is 27.4 Å². The maximum Gasteiger partial charge on any atom is 0.260 e. The van der Waals surface area contributed by atoms with Crippen LogP contribution in [-0.2, 0) is 21.4 Å². The van der Waals surface area contributed by atoms with Crippen molar-refractivity contribution in [2.45, 2.75) is 6.61 Å². The van der Waals surface area contributed by atoms with Gasteiger partial charge in [0.25, 0.3) is 5.91 Å². The van der Waals surface area contributed by atoms with Gasteiger partial charge in [-0.25, -0.2) is 13.8 Å². The van der Waals surface area contributed by atoms with E-state index in [0.29, 0.717) is 28.7 Å². The minimum absolute atomic E-state index is 0.202. The molecule has 0 radical (unpaired) electrons. The molecular weight excluding hydrogens is 506 g/mol. The Morgan fingerprint density at radius 1 is 1.03 bits per heavy atom. The third kappa shape index (κ3) is 7.62. The highest BCUT2D eigenvalue weighted by molar-refractivity contribution is 7.92. The molecule has 0 bridgehead atoms. The van der Waals surface area contributed by atoms with Gasteiger partial charge in [0, 0.05) is 11.1 Å². The van der Waals surface area contributed by atoms with Crippen LogP contribution in [-0.4, -0.2) is 47.6 Å². The first-order chi connectivity index (χ1) is 17.2. The van der Waals surface area contributed by atoms with Crippen LogP contribution in [0.15, 0.2) is 71.8 Å². The SMILES string of the molecule is COc1ccc(N(CC(=O)N/N=C\c2ccc(OCc3cccc(Cl)c3)cc2)S(C)(=O)=O)c(OC)c1. The number of benzene rings is 3. The van der Waals surface area contributed by atoms with Crippen molar-refractivity contribution in [1.82, 2.24) is 5.43 Å². The summed E-state index contributed by atoms with van der Waals surface area (Å²) in [4.78, 5) is 12.5. The highest BCUT2D eigenvalue weighted by Crippen LogP contribution is 2.33. The Kier molecular flexibility index (Phi) is 9.15. The molecule has 190 valence electrons. The molecule has 0 saturated carbocycles. The molecule has 9 nitrogen and oxygen atoms in total. The summed E-state index contributed by atoms with van der Waals surface area (Å²) in [6.45, 7) is -0.116. The van der Waals surface area contributed by atoms with Crippen molar-refractivity contribution in [1.29, 1.82) is 0 Å². The van der Waals surface area contributed by atoms with Crippen LogP contribution in [0.3, 0.4) is 0 Å². The summed E-state index contributed by atoms with van der Waals surface area (Å²) in [6.07, 6.45) is 2.45. The zero-order chi connectivity index (χ0) is 26.1. The first-order valence-corrected chi connectivity index (χ1v) is 12.9. The van der Waals surface area contributed by atoms with E-state index >= 15 is 0 Å². The fourth-order valence-electron chi connectivity index (χ4n) is 3.16. The number of rotatable bonds is 11. The molecule has 1 N–H and O–H groups in total. The molecule has 0 saturated heterocycles. The molecule has 3 rings (SSSR count). The highest BCUT2D eigenvalue weighted by atomic mass is 35.5. The second-order valence-electron chi connectivity index (χ2n) is 7.59. The average Bonchev–Trinajstić information content (AvgIpc) is 2.86. The van der Waals surface area contributed by atoms with Gasteiger partial charge < -0.3 is 14.2 Å². The number of ether oxygens (including phenoxy) is 3. The van der Waals surface area contributed by atoms with Crippen LogP contribution in [0.2, 0.25) is 5.02 Å². The number of amides is 1. The van der Waals surface area contributed by atoms with Crippen LogP contribution in [0.1, 0.15) is 11.1 Å². The van der Waals surface area contributed by atoms with Gasteiger partial charge in [0.05, 0.1) is 32.4 Å². The summed E-state index contributed by atoms with van der Waals surface area (Å²) < 4.78 is 41.9. The quantitative estimate of drug-likeness (QED) is 0.297. The standard InChI is InChI=1S/C25H26ClN3O6S/c1-33-22-11-12-23(24(14-22)34-2)29(36(3,31)32)16-25(30)28-27-15-18-7-9-21(10-8-18)35-17-19-5-4-6-20(26)13-19/h4-15H,16-17H2,1-3H3,(H,28,30)/b27-15-. The van der Waals surface area contributed by atoms with E-state index in [2.05, 4.69) is 10.5 Å². The first kappa shape index (κ1) is 26.8. The Labute approximate surface area is 215 Å². The van der Waals surface area contributed by atoms with E-state index in [1.54, 1.807) is 36.4 Å². The number of anilines is 1. The molecule has 0 aliphatic rings. The largest absolute Gasteiger partial charge is 0.497 e. The lowest BCUT2D eigenvalue weighted by molar-refractivity contribution is -0.119. The van der Waals surface area contributed by atoms with Crippen molar-refractivity contribution in [3.63, 3.8) is 0 Å². The maximum absolute atomic E-state index is 12.5. The molecular formula is C25H26ClN3O6S. The monoisotopic (exact) mass is 531 g/mol. The van der Waals surface area contributed by atoms with Crippen LogP contribution in [0, 0.1) is 0 Å². The molecule has 0 aliphatic carbocycles. The second kappa shape index (κ2) is 12.3. The number of hydrazone groups is 1. The number of halogens is 1. The van der Waals surface area contributed by atoms with Crippen molar-refractivity contribution in [2.24, 2.45) is 5.10 Å². The van der Waals surface area contributed by atoms with E-state index in [-0.39, 0.29) is 11.4 Å². The number of nitrogens with one attached hydrogen (secondary N) is 1.